The lowest BCUT2D eigenvalue weighted by atomic mass is 9.99. The summed E-state index contributed by atoms with van der Waals surface area (Å²) in [5.74, 6) is 0.588. The lowest BCUT2D eigenvalue weighted by molar-refractivity contribution is 0.102. The van der Waals surface area contributed by atoms with E-state index in [4.69, 9.17) is 0 Å². The number of hydrogen-bond donors (Lipinski definition) is 2. The molecule has 2 aromatic heterocycles. The summed E-state index contributed by atoms with van der Waals surface area (Å²) in [7, 11) is 0. The number of rotatable bonds is 6. The van der Waals surface area contributed by atoms with Gasteiger partial charge in [-0.25, -0.2) is 9.97 Å². The Morgan fingerprint density at radius 2 is 1.87 bits per heavy atom. The number of benzene rings is 2. The number of aryl methyl sites for hydroxylation is 3. The molecule has 6 nitrogen and oxygen atoms in total. The molecule has 4 aromatic rings. The number of anilines is 1. The largest absolute Gasteiger partial charge is 0.298 e. The molecule has 0 aliphatic rings. The standard InChI is InChI=1S/C22H21N5OS2/c1-13-8-15(3)18(9-14(13)2)19-11-30-22(25-19)26-20(28)17-6-4-16(5-7-17)10-29-21-23-12-24-27-21/h4-9,11-12H,10H2,1-3H3,(H,23,24,27)(H,25,26,28). The molecule has 1 amide bonds. The van der Waals surface area contributed by atoms with Crippen LogP contribution in [0.1, 0.15) is 32.6 Å². The third-order valence-corrected chi connectivity index (χ3v) is 6.53. The minimum Gasteiger partial charge on any atom is -0.298 e. The first-order valence-corrected chi connectivity index (χ1v) is 11.3. The minimum atomic E-state index is -0.165. The van der Waals surface area contributed by atoms with Crippen LogP contribution in [-0.2, 0) is 5.75 Å². The molecule has 2 N–H and O–H groups in total. The van der Waals surface area contributed by atoms with Gasteiger partial charge in [-0.1, -0.05) is 30.0 Å². The highest BCUT2D eigenvalue weighted by molar-refractivity contribution is 7.98. The van der Waals surface area contributed by atoms with Crippen molar-refractivity contribution >= 4 is 34.1 Å². The fourth-order valence-corrected chi connectivity index (χ4v) is 4.47. The molecule has 0 spiro atoms. The second-order valence-corrected chi connectivity index (χ2v) is 8.84. The van der Waals surface area contributed by atoms with Gasteiger partial charge in [0, 0.05) is 22.3 Å². The van der Waals surface area contributed by atoms with Crippen molar-refractivity contribution in [1.29, 1.82) is 0 Å². The highest BCUT2D eigenvalue weighted by atomic mass is 32.2. The molecule has 0 unspecified atom stereocenters. The zero-order valence-electron chi connectivity index (χ0n) is 16.9. The maximum Gasteiger partial charge on any atom is 0.257 e. The van der Waals surface area contributed by atoms with Gasteiger partial charge in [-0.3, -0.25) is 15.2 Å². The summed E-state index contributed by atoms with van der Waals surface area (Å²) in [6.07, 6.45) is 1.49. The van der Waals surface area contributed by atoms with Gasteiger partial charge in [0.2, 0.25) is 0 Å². The molecule has 4 rings (SSSR count). The van der Waals surface area contributed by atoms with E-state index < -0.39 is 0 Å². The molecule has 0 aliphatic heterocycles. The zero-order chi connectivity index (χ0) is 21.1. The van der Waals surface area contributed by atoms with E-state index in [1.165, 1.54) is 34.4 Å². The molecular formula is C22H21N5OS2. The topological polar surface area (TPSA) is 83.6 Å². The highest BCUT2D eigenvalue weighted by Gasteiger charge is 2.12. The van der Waals surface area contributed by atoms with E-state index in [1.54, 1.807) is 11.8 Å². The first-order valence-electron chi connectivity index (χ1n) is 9.42. The summed E-state index contributed by atoms with van der Waals surface area (Å²) < 4.78 is 0. The summed E-state index contributed by atoms with van der Waals surface area (Å²) in [4.78, 5) is 21.3. The Hall–Kier alpha value is -2.97. The van der Waals surface area contributed by atoms with E-state index in [0.717, 1.165) is 27.7 Å². The molecule has 0 saturated heterocycles. The van der Waals surface area contributed by atoms with Gasteiger partial charge in [-0.15, -0.1) is 11.3 Å². The first-order chi connectivity index (χ1) is 14.5. The van der Waals surface area contributed by atoms with Crippen LogP contribution in [0, 0.1) is 20.8 Å². The molecule has 0 bridgehead atoms. The third-order valence-electron chi connectivity index (χ3n) is 4.83. The normalized spacial score (nSPS) is 10.9. The molecular weight excluding hydrogens is 414 g/mol. The van der Waals surface area contributed by atoms with Gasteiger partial charge >= 0.3 is 0 Å². The predicted octanol–water partition coefficient (Wildman–Crippen LogP) is 5.40. The molecule has 2 heterocycles. The summed E-state index contributed by atoms with van der Waals surface area (Å²) >= 11 is 3.00. The fourth-order valence-electron chi connectivity index (χ4n) is 3.03. The van der Waals surface area contributed by atoms with Crippen LogP contribution >= 0.6 is 23.1 Å². The van der Waals surface area contributed by atoms with E-state index >= 15 is 0 Å². The Morgan fingerprint density at radius 3 is 2.60 bits per heavy atom. The van der Waals surface area contributed by atoms with Crippen LogP contribution in [0.15, 0.2) is 53.3 Å². The Morgan fingerprint density at radius 1 is 1.10 bits per heavy atom. The molecule has 0 radical (unpaired) electrons. The van der Waals surface area contributed by atoms with E-state index in [-0.39, 0.29) is 5.91 Å². The Bertz CT molecular complexity index is 1170. The molecule has 152 valence electrons. The summed E-state index contributed by atoms with van der Waals surface area (Å²) in [6.45, 7) is 6.29. The second kappa shape index (κ2) is 8.81. The number of nitrogens with one attached hydrogen (secondary N) is 2. The summed E-state index contributed by atoms with van der Waals surface area (Å²) in [5.41, 5.74) is 7.37. The smallest absolute Gasteiger partial charge is 0.257 e. The van der Waals surface area contributed by atoms with Crippen LogP contribution in [0.3, 0.4) is 0 Å². The number of thiazole rings is 1. The van der Waals surface area contributed by atoms with Crippen molar-refractivity contribution < 1.29 is 4.79 Å². The van der Waals surface area contributed by atoms with Crippen LogP contribution in [0.25, 0.3) is 11.3 Å². The van der Waals surface area contributed by atoms with Gasteiger partial charge in [-0.2, -0.15) is 5.10 Å². The van der Waals surface area contributed by atoms with Gasteiger partial charge in [0.05, 0.1) is 5.69 Å². The zero-order valence-corrected chi connectivity index (χ0v) is 18.5. The van der Waals surface area contributed by atoms with Crippen LogP contribution < -0.4 is 5.32 Å². The number of H-pyrrole nitrogens is 1. The average molecular weight is 436 g/mol. The summed E-state index contributed by atoms with van der Waals surface area (Å²) in [6, 6.07) is 11.9. The number of nitrogens with zero attached hydrogens (tertiary/aromatic N) is 3. The molecule has 0 atom stereocenters. The van der Waals surface area contributed by atoms with Gasteiger partial charge in [-0.05, 0) is 61.2 Å². The van der Waals surface area contributed by atoms with Gasteiger partial charge < -0.3 is 0 Å². The molecule has 2 aromatic carbocycles. The average Bonchev–Trinajstić information content (AvgIpc) is 3.42. The van der Waals surface area contributed by atoms with Crippen molar-refractivity contribution in [3.63, 3.8) is 0 Å². The summed E-state index contributed by atoms with van der Waals surface area (Å²) in [5, 5.41) is 12.9. The Kier molecular flexibility index (Phi) is 5.96. The molecule has 0 saturated carbocycles. The quantitative estimate of drug-likeness (QED) is 0.396. The Labute approximate surface area is 183 Å². The van der Waals surface area contributed by atoms with E-state index in [2.05, 4.69) is 58.4 Å². The minimum absolute atomic E-state index is 0.165. The molecule has 0 aliphatic carbocycles. The van der Waals surface area contributed by atoms with Crippen molar-refractivity contribution in [1.82, 2.24) is 20.2 Å². The number of thioether (sulfide) groups is 1. The lowest BCUT2D eigenvalue weighted by Gasteiger charge is -2.07. The number of amides is 1. The molecule has 30 heavy (non-hydrogen) atoms. The first kappa shape index (κ1) is 20.3. The maximum atomic E-state index is 12.6. The van der Waals surface area contributed by atoms with Crippen LogP contribution in [-0.4, -0.2) is 26.1 Å². The lowest BCUT2D eigenvalue weighted by Crippen LogP contribution is -2.11. The van der Waals surface area contributed by atoms with Gasteiger partial charge in [0.1, 0.15) is 6.33 Å². The predicted molar refractivity (Wildman–Crippen MR) is 122 cm³/mol. The van der Waals surface area contributed by atoms with Crippen LogP contribution in [0.4, 0.5) is 5.13 Å². The van der Waals surface area contributed by atoms with Crippen molar-refractivity contribution in [2.24, 2.45) is 0 Å². The van der Waals surface area contributed by atoms with E-state index in [9.17, 15) is 4.79 Å². The SMILES string of the molecule is Cc1cc(C)c(-c2csc(NC(=O)c3ccc(CSc4ncn[nH]4)cc3)n2)cc1C. The van der Waals surface area contributed by atoms with Gasteiger partial charge in [0.15, 0.2) is 10.3 Å². The van der Waals surface area contributed by atoms with E-state index in [0.29, 0.717) is 10.7 Å². The second-order valence-electron chi connectivity index (χ2n) is 7.02. The van der Waals surface area contributed by atoms with Crippen molar-refractivity contribution in [3.8, 4) is 11.3 Å². The number of hydrogen-bond acceptors (Lipinski definition) is 6. The molecule has 0 fully saturated rings. The van der Waals surface area contributed by atoms with Crippen LogP contribution in [0.2, 0.25) is 0 Å². The number of aromatic nitrogens is 4. The number of carbonyl (C=O) groups excluding carboxylic acids is 1. The van der Waals surface area contributed by atoms with Crippen molar-refractivity contribution in [2.45, 2.75) is 31.7 Å². The fraction of sp³-hybridized carbons (Fsp3) is 0.182. The third kappa shape index (κ3) is 4.60. The Balaban J connectivity index is 1.41. The molecule has 8 heteroatoms. The van der Waals surface area contributed by atoms with Crippen molar-refractivity contribution in [3.05, 3.63) is 75.9 Å². The maximum absolute atomic E-state index is 12.6. The van der Waals surface area contributed by atoms with Crippen molar-refractivity contribution in [2.75, 3.05) is 5.32 Å². The number of carbonyl (C=O) groups is 1. The van der Waals surface area contributed by atoms with Crippen LogP contribution in [0.5, 0.6) is 0 Å². The number of aromatic amines is 1. The van der Waals surface area contributed by atoms with Gasteiger partial charge in [0.25, 0.3) is 5.91 Å². The van der Waals surface area contributed by atoms with E-state index in [1.807, 2.05) is 29.6 Å². The highest BCUT2D eigenvalue weighted by Crippen LogP contribution is 2.29. The monoisotopic (exact) mass is 435 g/mol.